The topological polar surface area (TPSA) is 243 Å². The zero-order valence-electron chi connectivity index (χ0n) is 25.0. The average Bonchev–Trinajstić information content (AvgIpc) is 3.69. The number of hydrogen-bond donors (Lipinski definition) is 5. The Bertz CT molecular complexity index is 1620. The number of rotatable bonds is 14. The summed E-state index contributed by atoms with van der Waals surface area (Å²) in [5.41, 5.74) is 5.36. The van der Waals surface area contributed by atoms with Crippen LogP contribution in [-0.2, 0) is 27.8 Å². The van der Waals surface area contributed by atoms with E-state index in [9.17, 15) is 24.4 Å². The molecule has 2 fully saturated rings. The van der Waals surface area contributed by atoms with Crippen molar-refractivity contribution in [3.05, 3.63) is 45.8 Å². The fourth-order valence-electron chi connectivity index (χ4n) is 5.26. The van der Waals surface area contributed by atoms with E-state index in [1.807, 2.05) is 19.0 Å². The number of aliphatic hydroxyl groups is 2. The molecule has 5 rings (SSSR count). The van der Waals surface area contributed by atoms with Gasteiger partial charge in [0.05, 0.1) is 19.5 Å². The number of ether oxygens (including phenoxy) is 3. The van der Waals surface area contributed by atoms with Crippen molar-refractivity contribution < 1.29 is 38.0 Å². The normalized spacial score (nSPS) is 28.3. The van der Waals surface area contributed by atoms with Crippen LogP contribution < -0.4 is 22.1 Å². The molecular formula is C25H38N9O10P. The van der Waals surface area contributed by atoms with Crippen molar-refractivity contribution in [1.29, 1.82) is 0 Å². The Hall–Kier alpha value is -3.10. The van der Waals surface area contributed by atoms with E-state index in [4.69, 9.17) is 29.0 Å². The molecule has 2 aliphatic rings. The molecule has 45 heavy (non-hydrogen) atoms. The van der Waals surface area contributed by atoms with Gasteiger partial charge >= 0.3 is 13.4 Å². The maximum atomic E-state index is 14.2. The second-order valence-electron chi connectivity index (χ2n) is 10.9. The molecule has 0 aromatic carbocycles. The van der Waals surface area contributed by atoms with Crippen LogP contribution in [0.2, 0.25) is 0 Å². The van der Waals surface area contributed by atoms with Crippen LogP contribution >= 0.6 is 7.75 Å². The highest BCUT2D eigenvalue weighted by molar-refractivity contribution is 7.51. The summed E-state index contributed by atoms with van der Waals surface area (Å²) in [6.07, 6.45) is -2.21. The summed E-state index contributed by atoms with van der Waals surface area (Å²) in [6.45, 7) is 0.0791. The number of aromatic nitrogens is 6. The van der Waals surface area contributed by atoms with Gasteiger partial charge < -0.3 is 35.1 Å². The smallest absolute Gasteiger partial charge is 0.394 e. The number of imidazole rings is 1. The van der Waals surface area contributed by atoms with Crippen LogP contribution in [0.1, 0.15) is 25.3 Å². The van der Waals surface area contributed by atoms with Crippen molar-refractivity contribution >= 4 is 24.7 Å². The molecule has 2 saturated heterocycles. The number of aliphatic hydroxyl groups excluding tert-OH is 2. The molecule has 3 aromatic rings. The van der Waals surface area contributed by atoms with Crippen LogP contribution in [0.3, 0.4) is 0 Å². The van der Waals surface area contributed by atoms with Gasteiger partial charge in [-0.2, -0.15) is 0 Å². The zero-order chi connectivity index (χ0) is 32.3. The molecule has 0 spiro atoms. The van der Waals surface area contributed by atoms with Gasteiger partial charge in [-0.25, -0.2) is 29.4 Å². The van der Waals surface area contributed by atoms with Crippen molar-refractivity contribution in [2.75, 3.05) is 53.2 Å². The Balaban J connectivity index is 1.32. The highest BCUT2D eigenvalue weighted by Gasteiger charge is 2.47. The van der Waals surface area contributed by atoms with Gasteiger partial charge in [-0.15, -0.1) is 0 Å². The Labute approximate surface area is 256 Å². The van der Waals surface area contributed by atoms with Crippen molar-refractivity contribution in [3.63, 3.8) is 0 Å². The zero-order valence-corrected chi connectivity index (χ0v) is 25.9. The average molecular weight is 656 g/mol. The number of nitrogens with one attached hydrogen (secondary N) is 2. The summed E-state index contributed by atoms with van der Waals surface area (Å²) < 4.78 is 46.0. The van der Waals surface area contributed by atoms with E-state index in [2.05, 4.69) is 25.0 Å². The summed E-state index contributed by atoms with van der Waals surface area (Å²) in [7, 11) is 1.01. The Morgan fingerprint density at radius 1 is 1.22 bits per heavy atom. The van der Waals surface area contributed by atoms with Crippen LogP contribution in [-0.4, -0.2) is 122 Å². The lowest BCUT2D eigenvalue weighted by molar-refractivity contribution is -0.0634. The van der Waals surface area contributed by atoms with E-state index < -0.39 is 75.2 Å². The third-order valence-electron chi connectivity index (χ3n) is 7.54. The van der Waals surface area contributed by atoms with Gasteiger partial charge in [0.25, 0.3) is 5.56 Å². The molecule has 0 aliphatic carbocycles. The molecule has 0 bridgehead atoms. The number of aromatic amines is 1. The molecule has 0 amide bonds. The van der Waals surface area contributed by atoms with Crippen LogP contribution in [0.25, 0.3) is 11.2 Å². The molecule has 6 N–H and O–H groups in total. The molecule has 5 heterocycles. The number of nitrogens with zero attached hydrogens (tertiary/aromatic N) is 6. The molecule has 8 unspecified atom stereocenters. The number of anilines is 1. The second kappa shape index (κ2) is 14.1. The third-order valence-corrected chi connectivity index (χ3v) is 9.19. The molecule has 0 radical (unpaired) electrons. The third kappa shape index (κ3) is 7.33. The van der Waals surface area contributed by atoms with Crippen LogP contribution in [0.15, 0.2) is 34.5 Å². The predicted molar refractivity (Wildman–Crippen MR) is 157 cm³/mol. The van der Waals surface area contributed by atoms with Gasteiger partial charge in [-0.3, -0.25) is 28.0 Å². The molecule has 20 heteroatoms. The Morgan fingerprint density at radius 3 is 2.73 bits per heavy atom. The van der Waals surface area contributed by atoms with Crippen LogP contribution in [0, 0.1) is 0 Å². The Morgan fingerprint density at radius 2 is 2.02 bits per heavy atom. The first-order valence-corrected chi connectivity index (χ1v) is 15.8. The van der Waals surface area contributed by atoms with Gasteiger partial charge in [0, 0.05) is 32.3 Å². The standard InChI is InChI=1S/C25H38N9O10P/c1-32(2)7-4-6-30-45(39,41-11-16-20(37)21(40-3)24(43-16)33-8-5-17(36)31-25(33)38)44-14-9-18(42-15(14)10-35)34-13-29-19-22(26)27-12-28-23(19)34/h5,8,12-16,18,20-21,24,35,37H,4,6-7,9-11H2,1-3H3,(H,30,39)(H2,26,27,28)(H,31,36,38). The monoisotopic (exact) mass is 655 g/mol. The van der Waals surface area contributed by atoms with Gasteiger partial charge in [0.2, 0.25) is 0 Å². The van der Waals surface area contributed by atoms with Gasteiger partial charge in [-0.05, 0) is 27.1 Å². The van der Waals surface area contributed by atoms with Crippen molar-refractivity contribution in [1.82, 2.24) is 39.1 Å². The first-order chi connectivity index (χ1) is 21.5. The summed E-state index contributed by atoms with van der Waals surface area (Å²) in [5, 5.41) is 23.9. The van der Waals surface area contributed by atoms with Crippen molar-refractivity contribution in [2.45, 2.75) is 55.8 Å². The van der Waals surface area contributed by atoms with Gasteiger partial charge in [-0.1, -0.05) is 0 Å². The minimum atomic E-state index is -4.13. The molecule has 248 valence electrons. The lowest BCUT2D eigenvalue weighted by Gasteiger charge is -2.26. The van der Waals surface area contributed by atoms with E-state index >= 15 is 0 Å². The SMILES string of the molecule is COC1C(O)C(COP(=O)(NCCCN(C)C)OC2CC(n3cnc4c(N)ncnc43)OC2CO)OC1n1ccc(=O)[nH]c1=O. The van der Waals surface area contributed by atoms with E-state index in [0.717, 1.165) is 10.6 Å². The lowest BCUT2D eigenvalue weighted by atomic mass is 10.1. The highest BCUT2D eigenvalue weighted by atomic mass is 31.2. The summed E-state index contributed by atoms with van der Waals surface area (Å²) >= 11 is 0. The minimum absolute atomic E-state index is 0.152. The molecule has 8 atom stereocenters. The number of fused-ring (bicyclic) bond motifs is 1. The quantitative estimate of drug-likeness (QED) is 0.0986. The van der Waals surface area contributed by atoms with E-state index in [1.54, 1.807) is 4.57 Å². The number of nitrogens with two attached hydrogens (primary N) is 1. The fourth-order valence-corrected chi connectivity index (χ4v) is 6.84. The van der Waals surface area contributed by atoms with E-state index in [0.29, 0.717) is 24.1 Å². The van der Waals surface area contributed by atoms with E-state index in [-0.39, 0.29) is 18.8 Å². The molecule has 3 aromatic heterocycles. The number of nitrogen functional groups attached to an aromatic ring is 1. The summed E-state index contributed by atoms with van der Waals surface area (Å²) in [6, 6.07) is 1.14. The maximum Gasteiger partial charge on any atom is 0.405 e. The molecule has 2 aliphatic heterocycles. The number of methoxy groups -OCH3 is 1. The van der Waals surface area contributed by atoms with Crippen molar-refractivity contribution in [3.8, 4) is 0 Å². The summed E-state index contributed by atoms with van der Waals surface area (Å²) in [5.74, 6) is 0.197. The number of hydrogen-bond acceptors (Lipinski definition) is 15. The predicted octanol–water partition coefficient (Wildman–Crippen LogP) is -1.44. The van der Waals surface area contributed by atoms with Gasteiger partial charge in [0.1, 0.15) is 48.6 Å². The second-order valence-corrected chi connectivity index (χ2v) is 12.7. The lowest BCUT2D eigenvalue weighted by Crippen LogP contribution is -2.39. The molecular weight excluding hydrogens is 617 g/mol. The van der Waals surface area contributed by atoms with Crippen LogP contribution in [0.5, 0.6) is 0 Å². The largest absolute Gasteiger partial charge is 0.405 e. The minimum Gasteiger partial charge on any atom is -0.394 e. The Kier molecular flexibility index (Phi) is 10.4. The number of H-pyrrole nitrogens is 1. The molecule has 19 nitrogen and oxygen atoms in total. The van der Waals surface area contributed by atoms with E-state index in [1.165, 1.54) is 26.0 Å². The first kappa shape index (κ1) is 33.3. The fraction of sp³-hybridized carbons (Fsp3) is 0.640. The van der Waals surface area contributed by atoms with Crippen molar-refractivity contribution in [2.24, 2.45) is 0 Å². The first-order valence-electron chi connectivity index (χ1n) is 14.2. The van der Waals surface area contributed by atoms with Gasteiger partial charge in [0.15, 0.2) is 17.7 Å². The molecule has 0 saturated carbocycles. The van der Waals surface area contributed by atoms with Crippen LogP contribution in [0.4, 0.5) is 5.82 Å². The highest BCUT2D eigenvalue weighted by Crippen LogP contribution is 2.49. The summed E-state index contributed by atoms with van der Waals surface area (Å²) in [4.78, 5) is 40.5. The maximum absolute atomic E-state index is 14.2.